The van der Waals surface area contributed by atoms with E-state index in [0.717, 1.165) is 17.8 Å². The van der Waals surface area contributed by atoms with E-state index < -0.39 is 0 Å². The van der Waals surface area contributed by atoms with Crippen molar-refractivity contribution >= 4 is 23.2 Å². The first-order chi connectivity index (χ1) is 12.3. The number of benzene rings is 2. The third kappa shape index (κ3) is 4.85. The van der Waals surface area contributed by atoms with Crippen LogP contribution in [0, 0.1) is 13.8 Å². The molecular weight excluding hydrogens is 326 g/mol. The second-order valence-corrected chi connectivity index (χ2v) is 6.63. The molecule has 5 nitrogen and oxygen atoms in total. The van der Waals surface area contributed by atoms with Gasteiger partial charge in [-0.25, -0.2) is 0 Å². The van der Waals surface area contributed by atoms with Crippen LogP contribution in [0.3, 0.4) is 0 Å². The number of likely N-dealkylation sites (N-methyl/N-ethyl adjacent to an activating group) is 1. The standard InChI is InChI=1S/C21H27N3O2/c1-6-24(19-12-7-15(2)13-16(19)3)14-20(25)22-18-10-8-17(9-11-18)21(26)23(4)5/h7-13H,6,14H2,1-5H3,(H,22,25). The number of nitrogens with one attached hydrogen (secondary N) is 1. The van der Waals surface area contributed by atoms with Crippen molar-refractivity contribution in [3.05, 3.63) is 59.2 Å². The van der Waals surface area contributed by atoms with Crippen LogP contribution in [0.5, 0.6) is 0 Å². The highest BCUT2D eigenvalue weighted by Gasteiger charge is 2.13. The van der Waals surface area contributed by atoms with Gasteiger partial charge in [0, 0.05) is 37.6 Å². The number of nitrogens with zero attached hydrogens (tertiary/aromatic N) is 2. The van der Waals surface area contributed by atoms with Crippen molar-refractivity contribution < 1.29 is 9.59 Å². The molecule has 0 aliphatic carbocycles. The Morgan fingerprint density at radius 3 is 2.19 bits per heavy atom. The van der Waals surface area contributed by atoms with Crippen molar-refractivity contribution in [3.8, 4) is 0 Å². The third-order valence-electron chi connectivity index (χ3n) is 4.23. The molecule has 2 amide bonds. The van der Waals surface area contributed by atoms with E-state index in [1.807, 2.05) is 11.8 Å². The second-order valence-electron chi connectivity index (χ2n) is 6.63. The van der Waals surface area contributed by atoms with Crippen molar-refractivity contribution in [1.82, 2.24) is 4.90 Å². The lowest BCUT2D eigenvalue weighted by atomic mass is 10.1. The van der Waals surface area contributed by atoms with E-state index in [1.165, 1.54) is 10.5 Å². The molecule has 0 heterocycles. The molecule has 0 fully saturated rings. The van der Waals surface area contributed by atoms with Gasteiger partial charge in [-0.2, -0.15) is 0 Å². The summed E-state index contributed by atoms with van der Waals surface area (Å²) in [6.07, 6.45) is 0. The summed E-state index contributed by atoms with van der Waals surface area (Å²) < 4.78 is 0. The Hall–Kier alpha value is -2.82. The van der Waals surface area contributed by atoms with Gasteiger partial charge in [-0.05, 0) is 56.7 Å². The summed E-state index contributed by atoms with van der Waals surface area (Å²) in [5.74, 6) is -0.145. The molecule has 0 spiro atoms. The minimum atomic E-state index is -0.0847. The zero-order valence-corrected chi connectivity index (χ0v) is 16.2. The lowest BCUT2D eigenvalue weighted by Gasteiger charge is -2.24. The van der Waals surface area contributed by atoms with Gasteiger partial charge in [0.15, 0.2) is 0 Å². The van der Waals surface area contributed by atoms with Gasteiger partial charge in [-0.3, -0.25) is 9.59 Å². The summed E-state index contributed by atoms with van der Waals surface area (Å²) in [5.41, 5.74) is 4.71. The number of carbonyl (C=O) groups is 2. The molecule has 0 atom stereocenters. The van der Waals surface area contributed by atoms with Crippen LogP contribution >= 0.6 is 0 Å². The second kappa shape index (κ2) is 8.52. The summed E-state index contributed by atoms with van der Waals surface area (Å²) in [6.45, 7) is 7.18. The molecule has 0 saturated heterocycles. The predicted octanol–water partition coefficient (Wildman–Crippen LogP) is 3.47. The van der Waals surface area contributed by atoms with E-state index in [-0.39, 0.29) is 18.4 Å². The number of carbonyl (C=O) groups excluding carboxylic acids is 2. The van der Waals surface area contributed by atoms with Gasteiger partial charge in [0.2, 0.25) is 5.91 Å². The van der Waals surface area contributed by atoms with Crippen LogP contribution in [-0.4, -0.2) is 43.9 Å². The monoisotopic (exact) mass is 353 g/mol. The number of amides is 2. The van der Waals surface area contributed by atoms with E-state index >= 15 is 0 Å². The van der Waals surface area contributed by atoms with Crippen LogP contribution < -0.4 is 10.2 Å². The highest BCUT2D eigenvalue weighted by atomic mass is 16.2. The van der Waals surface area contributed by atoms with Crippen molar-refractivity contribution in [1.29, 1.82) is 0 Å². The van der Waals surface area contributed by atoms with Crippen molar-refractivity contribution in [2.75, 3.05) is 37.4 Å². The summed E-state index contributed by atoms with van der Waals surface area (Å²) in [4.78, 5) is 27.9. The Kier molecular flexibility index (Phi) is 6.39. The van der Waals surface area contributed by atoms with Gasteiger partial charge in [0.05, 0.1) is 6.54 Å². The van der Waals surface area contributed by atoms with Crippen LogP contribution in [0.1, 0.15) is 28.4 Å². The average Bonchev–Trinajstić information content (AvgIpc) is 2.60. The smallest absolute Gasteiger partial charge is 0.253 e. The predicted molar refractivity (Wildman–Crippen MR) is 107 cm³/mol. The Bertz CT molecular complexity index is 782. The highest BCUT2D eigenvalue weighted by molar-refractivity contribution is 5.96. The first-order valence-electron chi connectivity index (χ1n) is 8.75. The zero-order valence-electron chi connectivity index (χ0n) is 16.2. The van der Waals surface area contributed by atoms with Gasteiger partial charge in [0.1, 0.15) is 0 Å². The lowest BCUT2D eigenvalue weighted by Crippen LogP contribution is -2.33. The minimum Gasteiger partial charge on any atom is -0.362 e. The molecule has 26 heavy (non-hydrogen) atoms. The molecule has 1 N–H and O–H groups in total. The van der Waals surface area contributed by atoms with E-state index in [2.05, 4.69) is 37.4 Å². The average molecular weight is 353 g/mol. The van der Waals surface area contributed by atoms with Crippen molar-refractivity contribution in [2.24, 2.45) is 0 Å². The summed E-state index contributed by atoms with van der Waals surface area (Å²) in [5, 5.41) is 2.90. The molecule has 0 unspecified atom stereocenters. The Labute approximate surface area is 155 Å². The molecule has 5 heteroatoms. The topological polar surface area (TPSA) is 52.7 Å². The van der Waals surface area contributed by atoms with Gasteiger partial charge in [-0.15, -0.1) is 0 Å². The molecule has 138 valence electrons. The van der Waals surface area contributed by atoms with Crippen LogP contribution in [0.4, 0.5) is 11.4 Å². The molecule has 0 bridgehead atoms. The van der Waals surface area contributed by atoms with Crippen LogP contribution in [0.15, 0.2) is 42.5 Å². The van der Waals surface area contributed by atoms with Gasteiger partial charge >= 0.3 is 0 Å². The van der Waals surface area contributed by atoms with Crippen LogP contribution in [0.2, 0.25) is 0 Å². The lowest BCUT2D eigenvalue weighted by molar-refractivity contribution is -0.115. The largest absolute Gasteiger partial charge is 0.362 e. The molecule has 2 aromatic carbocycles. The van der Waals surface area contributed by atoms with Gasteiger partial charge in [-0.1, -0.05) is 17.7 Å². The molecule has 0 radical (unpaired) electrons. The van der Waals surface area contributed by atoms with Gasteiger partial charge < -0.3 is 15.1 Å². The maximum atomic E-state index is 12.4. The third-order valence-corrected chi connectivity index (χ3v) is 4.23. The first-order valence-corrected chi connectivity index (χ1v) is 8.75. The summed E-state index contributed by atoms with van der Waals surface area (Å²) >= 11 is 0. The zero-order chi connectivity index (χ0) is 19.3. The van der Waals surface area contributed by atoms with E-state index in [0.29, 0.717) is 11.3 Å². The number of anilines is 2. The van der Waals surface area contributed by atoms with Gasteiger partial charge in [0.25, 0.3) is 5.91 Å². The number of aryl methyl sites for hydroxylation is 2. The summed E-state index contributed by atoms with van der Waals surface area (Å²) in [6, 6.07) is 13.2. The molecule has 2 aromatic rings. The van der Waals surface area contributed by atoms with E-state index in [4.69, 9.17) is 0 Å². The summed E-state index contributed by atoms with van der Waals surface area (Å²) in [7, 11) is 3.43. The quantitative estimate of drug-likeness (QED) is 0.865. The molecular formula is C21H27N3O2. The van der Waals surface area contributed by atoms with Crippen molar-refractivity contribution in [3.63, 3.8) is 0 Å². The van der Waals surface area contributed by atoms with Crippen LogP contribution in [0.25, 0.3) is 0 Å². The molecule has 0 aliphatic heterocycles. The fourth-order valence-corrected chi connectivity index (χ4v) is 2.86. The van der Waals surface area contributed by atoms with Crippen LogP contribution in [-0.2, 0) is 4.79 Å². The molecule has 2 rings (SSSR count). The SMILES string of the molecule is CCN(CC(=O)Nc1ccc(C(=O)N(C)C)cc1)c1ccc(C)cc1C. The maximum Gasteiger partial charge on any atom is 0.253 e. The fraction of sp³-hybridized carbons (Fsp3) is 0.333. The number of hydrogen-bond acceptors (Lipinski definition) is 3. The Balaban J connectivity index is 2.03. The molecule has 0 saturated carbocycles. The Morgan fingerprint density at radius 1 is 1.00 bits per heavy atom. The minimum absolute atomic E-state index is 0.0603. The highest BCUT2D eigenvalue weighted by Crippen LogP contribution is 2.21. The fourth-order valence-electron chi connectivity index (χ4n) is 2.86. The first kappa shape index (κ1) is 19.5. The number of hydrogen-bond donors (Lipinski definition) is 1. The molecule has 0 aliphatic rings. The Morgan fingerprint density at radius 2 is 1.65 bits per heavy atom. The van der Waals surface area contributed by atoms with Crippen molar-refractivity contribution in [2.45, 2.75) is 20.8 Å². The normalized spacial score (nSPS) is 10.3. The molecule has 0 aromatic heterocycles. The van der Waals surface area contributed by atoms with E-state index in [9.17, 15) is 9.59 Å². The maximum absolute atomic E-state index is 12.4. The van der Waals surface area contributed by atoms with E-state index in [1.54, 1.807) is 38.4 Å². The number of rotatable bonds is 6.